The summed E-state index contributed by atoms with van der Waals surface area (Å²) in [7, 11) is 0. The summed E-state index contributed by atoms with van der Waals surface area (Å²) in [5.41, 5.74) is 16.9. The number of aryl methyl sites for hydroxylation is 6. The Labute approximate surface area is 321 Å². The molecule has 0 N–H and O–H groups in total. The molecule has 0 amide bonds. The smallest absolute Gasteiger partial charge is 0.0571 e. The summed E-state index contributed by atoms with van der Waals surface area (Å²) in [6, 6.07) is 45.0. The number of fused-ring (bicyclic) bond motifs is 1. The van der Waals surface area contributed by atoms with E-state index in [4.69, 9.17) is 4.74 Å². The van der Waals surface area contributed by atoms with Crippen LogP contribution in [0.5, 0.6) is 11.5 Å². The maximum atomic E-state index is 6.55. The van der Waals surface area contributed by atoms with Gasteiger partial charge in [0, 0.05) is 61.4 Å². The van der Waals surface area contributed by atoms with Gasteiger partial charge in [-0.3, -0.25) is 4.68 Å². The zero-order valence-electron chi connectivity index (χ0n) is 30.1. The van der Waals surface area contributed by atoms with Crippen molar-refractivity contribution < 1.29 is 25.8 Å². The Kier molecular flexibility index (Phi) is 9.65. The van der Waals surface area contributed by atoms with Gasteiger partial charge in [0.15, 0.2) is 0 Å². The van der Waals surface area contributed by atoms with Crippen LogP contribution in [0, 0.1) is 60.3 Å². The van der Waals surface area contributed by atoms with Crippen molar-refractivity contribution in [1.82, 2.24) is 9.78 Å². The molecule has 2 heterocycles. The molecule has 1 aliphatic rings. The van der Waals surface area contributed by atoms with Crippen LogP contribution < -0.4 is 14.5 Å². The van der Waals surface area contributed by atoms with Gasteiger partial charge in [0.2, 0.25) is 0 Å². The summed E-state index contributed by atoms with van der Waals surface area (Å²) in [5, 5.41) is 4.62. The third kappa shape index (κ3) is 6.58. The first-order valence-corrected chi connectivity index (χ1v) is 17.3. The molecular formula is C46H39N4OPt-3. The topological polar surface area (TPSA) is 33.5 Å². The Morgan fingerprint density at radius 3 is 1.90 bits per heavy atom. The van der Waals surface area contributed by atoms with Gasteiger partial charge in [-0.1, -0.05) is 100 Å². The number of ether oxygens (including phenoxy) is 1. The predicted molar refractivity (Wildman–Crippen MR) is 209 cm³/mol. The van der Waals surface area contributed by atoms with Crippen LogP contribution in [0.25, 0.3) is 27.9 Å². The second-order valence-electron chi connectivity index (χ2n) is 13.5. The standard InChI is InChI=1S/C46H39N4O.Pt/c1-30-21-32(3)45(33(4)22-30)41-20-19-40(51-39-16-12-15-38(25-39)50-28-37(27-47-50)36-13-8-7-9-14-36)26-44(41)48-29-49(43-18-11-10-17-42(43)48)46-34(5)23-31(2)24-35(46)6;/h7-24,27-29H,1-6H3;/q-3;. The zero-order valence-corrected chi connectivity index (χ0v) is 32.4. The van der Waals surface area contributed by atoms with E-state index in [9.17, 15) is 0 Å². The molecule has 0 atom stereocenters. The number of hydrogen-bond acceptors (Lipinski definition) is 4. The maximum absolute atomic E-state index is 6.55. The largest absolute Gasteiger partial charge is 0.509 e. The van der Waals surface area contributed by atoms with Crippen molar-refractivity contribution >= 4 is 22.7 Å². The van der Waals surface area contributed by atoms with Gasteiger partial charge in [-0.05, 0) is 76.1 Å². The van der Waals surface area contributed by atoms with Crippen LogP contribution in [0.15, 0.2) is 122 Å². The number of para-hydroxylation sites is 2. The van der Waals surface area contributed by atoms with Crippen molar-refractivity contribution in [3.8, 4) is 39.4 Å². The van der Waals surface area contributed by atoms with E-state index >= 15 is 0 Å². The molecule has 0 saturated heterocycles. The molecule has 0 bridgehead atoms. The minimum absolute atomic E-state index is 0. The minimum atomic E-state index is 0. The summed E-state index contributed by atoms with van der Waals surface area (Å²) < 4.78 is 8.38. The average molecular weight is 859 g/mol. The molecule has 0 fully saturated rings. The Bertz CT molecular complexity index is 2370. The van der Waals surface area contributed by atoms with E-state index in [-0.39, 0.29) is 21.1 Å². The fourth-order valence-electron chi connectivity index (χ4n) is 7.52. The number of benzene rings is 6. The molecule has 6 aromatic carbocycles. The molecule has 1 aromatic heterocycles. The molecule has 5 nitrogen and oxygen atoms in total. The van der Waals surface area contributed by atoms with Gasteiger partial charge >= 0.3 is 0 Å². The second-order valence-corrected chi connectivity index (χ2v) is 13.5. The van der Waals surface area contributed by atoms with Gasteiger partial charge in [0.05, 0.1) is 6.20 Å². The van der Waals surface area contributed by atoms with Gasteiger partial charge in [-0.25, -0.2) is 0 Å². The third-order valence-corrected chi connectivity index (χ3v) is 9.50. The van der Waals surface area contributed by atoms with E-state index < -0.39 is 0 Å². The van der Waals surface area contributed by atoms with Crippen LogP contribution >= 0.6 is 0 Å². The molecule has 0 unspecified atom stereocenters. The first kappa shape index (κ1) is 35.0. The Morgan fingerprint density at radius 1 is 0.596 bits per heavy atom. The van der Waals surface area contributed by atoms with Gasteiger partial charge in [-0.15, -0.1) is 42.6 Å². The van der Waals surface area contributed by atoms with Crippen LogP contribution in [0.3, 0.4) is 0 Å². The second kappa shape index (κ2) is 14.3. The van der Waals surface area contributed by atoms with Crippen LogP contribution in [0.2, 0.25) is 0 Å². The van der Waals surface area contributed by atoms with Crippen LogP contribution in [0.4, 0.5) is 22.7 Å². The van der Waals surface area contributed by atoms with E-state index in [2.05, 4.69) is 142 Å². The number of nitrogens with zero attached hydrogens (tertiary/aromatic N) is 4. The average Bonchev–Trinajstić information content (AvgIpc) is 3.75. The van der Waals surface area contributed by atoms with Crippen molar-refractivity contribution in [2.24, 2.45) is 0 Å². The summed E-state index contributed by atoms with van der Waals surface area (Å²) >= 11 is 0. The van der Waals surface area contributed by atoms with Gasteiger partial charge in [0.25, 0.3) is 0 Å². The van der Waals surface area contributed by atoms with Crippen molar-refractivity contribution in [3.05, 3.63) is 174 Å². The number of aromatic nitrogens is 2. The van der Waals surface area contributed by atoms with E-state index in [0.717, 1.165) is 39.4 Å². The number of hydrogen-bond donors (Lipinski definition) is 0. The molecule has 262 valence electrons. The van der Waals surface area contributed by atoms with E-state index in [0.29, 0.717) is 11.5 Å². The predicted octanol–water partition coefficient (Wildman–Crippen LogP) is 11.9. The molecule has 1 aliphatic heterocycles. The molecule has 6 heteroatoms. The summed E-state index contributed by atoms with van der Waals surface area (Å²) in [6.07, 6.45) is 3.89. The monoisotopic (exact) mass is 858 g/mol. The Balaban J connectivity index is 0.00000420. The van der Waals surface area contributed by atoms with Crippen molar-refractivity contribution in [2.45, 2.75) is 41.5 Å². The van der Waals surface area contributed by atoms with Gasteiger partial charge in [-0.2, -0.15) is 17.2 Å². The van der Waals surface area contributed by atoms with E-state index in [1.165, 1.54) is 44.6 Å². The minimum Gasteiger partial charge on any atom is -0.509 e. The molecular weight excluding hydrogens is 820 g/mol. The van der Waals surface area contributed by atoms with Crippen LogP contribution in [-0.2, 0) is 21.1 Å². The van der Waals surface area contributed by atoms with E-state index in [1.54, 1.807) is 0 Å². The SMILES string of the molecule is Cc1cc(C)c(-c2ccc(Oc3[c-]c(-n4cc(-c5ccccc5)cn4)ccc3)[c-]c2N2[CH-]N(c3c(C)cc(C)cc3C)c3ccccc32)c(C)c1.[Pt]. The molecule has 0 saturated carbocycles. The van der Waals surface area contributed by atoms with Crippen molar-refractivity contribution in [1.29, 1.82) is 0 Å². The normalized spacial score (nSPS) is 12.1. The summed E-state index contributed by atoms with van der Waals surface area (Å²) in [5.74, 6) is 1.18. The quantitative estimate of drug-likeness (QED) is 0.150. The summed E-state index contributed by atoms with van der Waals surface area (Å²) in [6.45, 7) is 15.3. The Morgan fingerprint density at radius 2 is 1.21 bits per heavy atom. The van der Waals surface area contributed by atoms with Gasteiger partial charge in [0.1, 0.15) is 0 Å². The summed E-state index contributed by atoms with van der Waals surface area (Å²) in [4.78, 5) is 4.56. The first-order chi connectivity index (χ1) is 24.7. The maximum Gasteiger partial charge on any atom is 0.0571 e. The van der Waals surface area contributed by atoms with Crippen molar-refractivity contribution in [2.75, 3.05) is 9.80 Å². The fourth-order valence-corrected chi connectivity index (χ4v) is 7.52. The molecule has 0 spiro atoms. The molecule has 52 heavy (non-hydrogen) atoms. The van der Waals surface area contributed by atoms with Crippen molar-refractivity contribution in [3.63, 3.8) is 0 Å². The Hall–Kier alpha value is -5.38. The van der Waals surface area contributed by atoms with E-state index in [1.807, 2.05) is 59.5 Å². The fraction of sp³-hybridized carbons (Fsp3) is 0.130. The molecule has 7 aromatic rings. The van der Waals surface area contributed by atoms with Gasteiger partial charge < -0.3 is 14.5 Å². The molecule has 8 rings (SSSR count). The zero-order chi connectivity index (χ0) is 35.2. The van der Waals surface area contributed by atoms with Crippen LogP contribution in [-0.4, -0.2) is 9.78 Å². The molecule has 0 aliphatic carbocycles. The first-order valence-electron chi connectivity index (χ1n) is 17.3. The number of rotatable bonds is 7. The van der Waals surface area contributed by atoms with Crippen LogP contribution in [0.1, 0.15) is 33.4 Å². The number of anilines is 4. The third-order valence-electron chi connectivity index (χ3n) is 9.50. The molecule has 0 radical (unpaired) electrons.